The van der Waals surface area contributed by atoms with E-state index in [-0.39, 0.29) is 25.7 Å². The summed E-state index contributed by atoms with van der Waals surface area (Å²) in [4.78, 5) is 73.0. The minimum absolute atomic E-state index is 0.0695. The predicted octanol–water partition coefficient (Wildman–Crippen LogP) is 23.9. The van der Waals surface area contributed by atoms with Crippen LogP contribution in [0.2, 0.25) is 0 Å². The molecule has 0 rings (SSSR count). The highest BCUT2D eigenvalue weighted by molar-refractivity contribution is 7.47. The largest absolute Gasteiger partial charge is 0.472 e. The Morgan fingerprint density at radius 3 is 0.798 bits per heavy atom. The van der Waals surface area contributed by atoms with Gasteiger partial charge in [-0.05, 0) is 141 Å². The van der Waals surface area contributed by atoms with E-state index >= 15 is 0 Å². The Bertz CT molecular complexity index is 2440. The Kier molecular flexibility index (Phi) is 73.3. The van der Waals surface area contributed by atoms with Crippen LogP contribution < -0.4 is 0 Å². The molecule has 5 atom stereocenters. The molecule has 3 N–H and O–H groups in total. The number of hydrogen-bond donors (Lipinski definition) is 3. The third kappa shape index (κ3) is 75.7. The first-order valence-electron chi connectivity index (χ1n) is 40.8. The van der Waals surface area contributed by atoms with Crippen molar-refractivity contribution < 1.29 is 80.2 Å². The van der Waals surface area contributed by atoms with E-state index in [0.29, 0.717) is 25.7 Å². The number of phosphoric ester groups is 2. The fourth-order valence-electron chi connectivity index (χ4n) is 10.7. The number of phosphoric acid groups is 2. The predicted molar refractivity (Wildman–Crippen MR) is 427 cm³/mol. The molecular formula is C85H146O17P2. The van der Waals surface area contributed by atoms with Gasteiger partial charge >= 0.3 is 39.5 Å². The smallest absolute Gasteiger partial charge is 0.462 e. The van der Waals surface area contributed by atoms with Crippen LogP contribution >= 0.6 is 15.6 Å². The number of esters is 4. The number of rotatable bonds is 76. The number of carbonyl (C=O) groups is 4. The molecule has 0 aromatic carbocycles. The standard InChI is InChI=1S/C85H146O17P2/c1-5-9-13-17-21-25-29-32-35-37-39-41-44-46-50-53-57-61-65-69-82(87)95-75-80(101-84(89)71-67-63-59-55-49-28-24-20-16-12-8-4)77-99-103(91,92)97-73-79(86)74-98-104(93,94)100-78-81(102-85(90)72-68-64-60-56-52-48-43-34-31-27-23-19-15-11-7-3)76-96-83(88)70-66-62-58-54-51-47-45-42-40-38-36-33-30-26-22-18-14-10-6-2/h10,14,21-23,25-27,32-36,39-43,47,51,79-81,86H,5-9,11-13,15-20,24,28-31,37-38,44-46,48-50,52-78H2,1-4H3,(H,91,92)(H,93,94)/b14-10-,25-21-,26-22-,27-23-,35-32-,36-33-,41-39-,42-40-,43-34-,51-47-. The molecule has 0 aromatic heterocycles. The Balaban J connectivity index is 5.36. The molecule has 0 spiro atoms. The molecule has 0 aliphatic heterocycles. The van der Waals surface area contributed by atoms with Crippen LogP contribution in [0.25, 0.3) is 0 Å². The number of carbonyl (C=O) groups excluding carboxylic acids is 4. The molecule has 5 unspecified atom stereocenters. The summed E-state index contributed by atoms with van der Waals surface area (Å²) in [6.07, 6.45) is 84.6. The molecule has 0 aromatic rings. The first-order chi connectivity index (χ1) is 50.7. The van der Waals surface area contributed by atoms with Gasteiger partial charge in [-0.1, -0.05) is 290 Å². The SMILES string of the molecule is CC/C=C\C/C=C\C/C=C\C/C=C\C/C=C\CCCCCC(=O)OCC(COP(=O)(O)OCC(O)COP(=O)(O)OCC(COC(=O)CCCCCCCC/C=C\C/C=C\C/C=C\CCCCC)OC(=O)CCCCCCCCCCCCC)OC(=O)CCCCCCC/C=C\C/C=C\CCCCC. The summed E-state index contributed by atoms with van der Waals surface area (Å²) in [7, 11) is -9.97. The minimum atomic E-state index is -4.99. The highest BCUT2D eigenvalue weighted by Gasteiger charge is 2.30. The van der Waals surface area contributed by atoms with Crippen molar-refractivity contribution >= 4 is 39.5 Å². The Morgan fingerprint density at radius 1 is 0.279 bits per heavy atom. The second kappa shape index (κ2) is 76.6. The van der Waals surface area contributed by atoms with Crippen LogP contribution in [0.1, 0.15) is 336 Å². The van der Waals surface area contributed by atoms with Crippen molar-refractivity contribution in [3.8, 4) is 0 Å². The number of hydrogen-bond acceptors (Lipinski definition) is 15. The van der Waals surface area contributed by atoms with Gasteiger partial charge in [0, 0.05) is 25.7 Å². The molecule has 0 radical (unpaired) electrons. The first-order valence-corrected chi connectivity index (χ1v) is 43.8. The van der Waals surface area contributed by atoms with Gasteiger partial charge < -0.3 is 33.8 Å². The lowest BCUT2D eigenvalue weighted by Crippen LogP contribution is -2.30. The Hall–Kier alpha value is -4.54. The second-order valence-corrected chi connectivity index (χ2v) is 29.9. The lowest BCUT2D eigenvalue weighted by molar-refractivity contribution is -0.161. The lowest BCUT2D eigenvalue weighted by atomic mass is 10.1. The van der Waals surface area contributed by atoms with Gasteiger partial charge in [-0.3, -0.25) is 37.3 Å². The van der Waals surface area contributed by atoms with E-state index in [0.717, 1.165) is 180 Å². The van der Waals surface area contributed by atoms with Crippen LogP contribution in [0.4, 0.5) is 0 Å². The monoisotopic (exact) mass is 1500 g/mol. The maximum Gasteiger partial charge on any atom is 0.472 e. The molecule has 104 heavy (non-hydrogen) atoms. The highest BCUT2D eigenvalue weighted by Crippen LogP contribution is 2.45. The molecular weight excluding hydrogens is 1350 g/mol. The number of ether oxygens (including phenoxy) is 4. The third-order valence-electron chi connectivity index (χ3n) is 16.9. The van der Waals surface area contributed by atoms with Gasteiger partial charge in [-0.2, -0.15) is 0 Å². The average molecular weight is 1500 g/mol. The van der Waals surface area contributed by atoms with Gasteiger partial charge in [0.25, 0.3) is 0 Å². The van der Waals surface area contributed by atoms with Gasteiger partial charge in [-0.15, -0.1) is 0 Å². The lowest BCUT2D eigenvalue weighted by Gasteiger charge is -2.21. The minimum Gasteiger partial charge on any atom is -0.462 e. The van der Waals surface area contributed by atoms with E-state index < -0.39 is 97.5 Å². The van der Waals surface area contributed by atoms with Crippen LogP contribution in [0.15, 0.2) is 122 Å². The summed E-state index contributed by atoms with van der Waals surface area (Å²) in [5, 5.41) is 10.6. The van der Waals surface area contributed by atoms with E-state index in [1.54, 1.807) is 0 Å². The average Bonchev–Trinajstić information content (AvgIpc) is 0.929. The fourth-order valence-corrected chi connectivity index (χ4v) is 12.3. The zero-order valence-corrected chi connectivity index (χ0v) is 67.2. The molecule has 0 aliphatic carbocycles. The summed E-state index contributed by atoms with van der Waals surface area (Å²) in [6, 6.07) is 0. The molecule has 0 heterocycles. The van der Waals surface area contributed by atoms with Crippen molar-refractivity contribution in [2.45, 2.75) is 354 Å². The molecule has 19 heteroatoms. The molecule has 0 saturated carbocycles. The van der Waals surface area contributed by atoms with E-state index in [4.69, 9.17) is 37.0 Å². The van der Waals surface area contributed by atoms with E-state index in [1.165, 1.54) is 77.0 Å². The van der Waals surface area contributed by atoms with Crippen LogP contribution in [0.3, 0.4) is 0 Å². The molecule has 0 aliphatic rings. The van der Waals surface area contributed by atoms with E-state index in [2.05, 4.69) is 149 Å². The van der Waals surface area contributed by atoms with Gasteiger partial charge in [0.1, 0.15) is 19.3 Å². The quantitative estimate of drug-likeness (QED) is 0.0169. The van der Waals surface area contributed by atoms with Gasteiger partial charge in [0.05, 0.1) is 26.4 Å². The summed E-state index contributed by atoms with van der Waals surface area (Å²) >= 11 is 0. The number of allylic oxidation sites excluding steroid dienone is 20. The molecule has 0 amide bonds. The summed E-state index contributed by atoms with van der Waals surface area (Å²) in [5.41, 5.74) is 0. The Morgan fingerprint density at radius 2 is 0.500 bits per heavy atom. The van der Waals surface area contributed by atoms with Gasteiger partial charge in [-0.25, -0.2) is 9.13 Å². The highest BCUT2D eigenvalue weighted by atomic mass is 31.2. The second-order valence-electron chi connectivity index (χ2n) is 27.0. The third-order valence-corrected chi connectivity index (χ3v) is 18.8. The molecule has 0 bridgehead atoms. The van der Waals surface area contributed by atoms with Crippen molar-refractivity contribution in [3.05, 3.63) is 122 Å². The topological polar surface area (TPSA) is 237 Å². The summed E-state index contributed by atoms with van der Waals surface area (Å²) in [6.45, 7) is 4.66. The number of aliphatic hydroxyl groups excluding tert-OH is 1. The maximum atomic E-state index is 13.1. The fraction of sp³-hybridized carbons (Fsp3) is 0.718. The number of unbranched alkanes of at least 4 members (excludes halogenated alkanes) is 30. The normalized spacial score (nSPS) is 14.5. The zero-order chi connectivity index (χ0) is 76.0. The van der Waals surface area contributed by atoms with E-state index in [1.807, 2.05) is 0 Å². The Labute approximate surface area is 632 Å². The number of aliphatic hydroxyl groups is 1. The van der Waals surface area contributed by atoms with Gasteiger partial charge in [0.2, 0.25) is 0 Å². The van der Waals surface area contributed by atoms with Crippen LogP contribution in [-0.4, -0.2) is 96.7 Å². The van der Waals surface area contributed by atoms with Gasteiger partial charge in [0.15, 0.2) is 12.2 Å². The zero-order valence-electron chi connectivity index (χ0n) is 65.4. The summed E-state index contributed by atoms with van der Waals surface area (Å²) in [5.74, 6) is -2.23. The molecule has 0 fully saturated rings. The van der Waals surface area contributed by atoms with Crippen LogP contribution in [-0.2, 0) is 65.4 Å². The molecule has 17 nitrogen and oxygen atoms in total. The molecule has 598 valence electrons. The van der Waals surface area contributed by atoms with Crippen molar-refractivity contribution in [1.82, 2.24) is 0 Å². The van der Waals surface area contributed by atoms with Crippen molar-refractivity contribution in [1.29, 1.82) is 0 Å². The van der Waals surface area contributed by atoms with E-state index in [9.17, 15) is 43.2 Å². The molecule has 0 saturated heterocycles. The maximum absolute atomic E-state index is 13.1. The van der Waals surface area contributed by atoms with Crippen LogP contribution in [0.5, 0.6) is 0 Å². The first kappa shape index (κ1) is 99.5. The summed E-state index contributed by atoms with van der Waals surface area (Å²) < 4.78 is 68.6. The van der Waals surface area contributed by atoms with Crippen molar-refractivity contribution in [2.24, 2.45) is 0 Å². The van der Waals surface area contributed by atoms with Crippen LogP contribution in [0, 0.1) is 0 Å². The van der Waals surface area contributed by atoms with Crippen molar-refractivity contribution in [3.63, 3.8) is 0 Å². The van der Waals surface area contributed by atoms with Crippen molar-refractivity contribution in [2.75, 3.05) is 39.6 Å².